The van der Waals surface area contributed by atoms with Crippen molar-refractivity contribution in [1.29, 1.82) is 0 Å². The van der Waals surface area contributed by atoms with Crippen molar-refractivity contribution in [1.82, 2.24) is 10.2 Å². The predicted octanol–water partition coefficient (Wildman–Crippen LogP) is 2.24. The fourth-order valence-electron chi connectivity index (χ4n) is 2.82. The summed E-state index contributed by atoms with van der Waals surface area (Å²) in [7, 11) is 0. The number of rotatable bonds is 8. The Bertz CT molecular complexity index is 686. The van der Waals surface area contributed by atoms with Gasteiger partial charge >= 0.3 is 5.97 Å². The third-order valence-electron chi connectivity index (χ3n) is 4.30. The van der Waals surface area contributed by atoms with Crippen LogP contribution in [0.15, 0.2) is 18.2 Å². The molecule has 142 valence electrons. The van der Waals surface area contributed by atoms with E-state index in [1.165, 1.54) is 24.8 Å². The van der Waals surface area contributed by atoms with E-state index in [0.29, 0.717) is 0 Å². The van der Waals surface area contributed by atoms with Crippen LogP contribution in [0.2, 0.25) is 0 Å². The maximum Gasteiger partial charge on any atom is 0.308 e. The molecule has 1 saturated carbocycles. The molecule has 2 atom stereocenters. The molecular formula is C18H22F2N2O4. The molecule has 0 heterocycles. The van der Waals surface area contributed by atoms with Crippen molar-refractivity contribution in [2.24, 2.45) is 5.92 Å². The number of nitrogens with zero attached hydrogens (tertiary/aromatic N) is 1. The second-order valence-electron chi connectivity index (χ2n) is 6.61. The molecule has 8 heteroatoms. The van der Waals surface area contributed by atoms with Gasteiger partial charge in [0.1, 0.15) is 11.6 Å². The van der Waals surface area contributed by atoms with Crippen LogP contribution in [0.4, 0.5) is 8.78 Å². The topological polar surface area (TPSA) is 86.7 Å². The number of halogens is 2. The average Bonchev–Trinajstić information content (AvgIpc) is 3.35. The quantitative estimate of drug-likeness (QED) is 0.737. The first-order valence-electron chi connectivity index (χ1n) is 8.44. The van der Waals surface area contributed by atoms with E-state index in [4.69, 9.17) is 5.11 Å². The van der Waals surface area contributed by atoms with Gasteiger partial charge in [0.15, 0.2) is 0 Å². The highest BCUT2D eigenvalue weighted by atomic mass is 19.1. The summed E-state index contributed by atoms with van der Waals surface area (Å²) in [6, 6.07) is 2.09. The Morgan fingerprint density at radius 3 is 2.31 bits per heavy atom. The van der Waals surface area contributed by atoms with Crippen molar-refractivity contribution in [2.75, 3.05) is 6.54 Å². The van der Waals surface area contributed by atoms with Crippen molar-refractivity contribution in [3.05, 3.63) is 35.4 Å². The summed E-state index contributed by atoms with van der Waals surface area (Å²) in [5.41, 5.74) is -0.377. The zero-order valence-electron chi connectivity index (χ0n) is 14.7. The largest absolute Gasteiger partial charge is 0.481 e. The molecule has 0 bridgehead atoms. The van der Waals surface area contributed by atoms with Crippen LogP contribution in [0.25, 0.3) is 0 Å². The highest BCUT2D eigenvalue weighted by Gasteiger charge is 2.36. The Hall–Kier alpha value is -2.51. The summed E-state index contributed by atoms with van der Waals surface area (Å²) in [5.74, 6) is -4.46. The molecular weight excluding hydrogens is 346 g/mol. The number of benzene rings is 1. The monoisotopic (exact) mass is 368 g/mol. The van der Waals surface area contributed by atoms with Crippen molar-refractivity contribution in [2.45, 2.75) is 45.2 Å². The normalized spacial score (nSPS) is 15.8. The molecule has 26 heavy (non-hydrogen) atoms. The first-order chi connectivity index (χ1) is 12.2. The fourth-order valence-corrected chi connectivity index (χ4v) is 2.82. The van der Waals surface area contributed by atoms with Crippen LogP contribution in [0.3, 0.4) is 0 Å². The molecule has 0 saturated heterocycles. The van der Waals surface area contributed by atoms with Gasteiger partial charge in [-0.3, -0.25) is 14.4 Å². The number of aliphatic carboxylic acids is 1. The number of carbonyl (C=O) groups is 3. The summed E-state index contributed by atoms with van der Waals surface area (Å²) < 4.78 is 28.2. The van der Waals surface area contributed by atoms with E-state index < -0.39 is 41.4 Å². The van der Waals surface area contributed by atoms with Crippen LogP contribution in [0, 0.1) is 17.6 Å². The van der Waals surface area contributed by atoms with E-state index in [1.54, 1.807) is 0 Å². The van der Waals surface area contributed by atoms with E-state index in [2.05, 4.69) is 5.32 Å². The number of nitrogens with one attached hydrogen (secondary N) is 1. The molecule has 0 aliphatic heterocycles. The SMILES string of the molecule is CC(=O)N[C@H](CC(=O)N(C[C@H](C)C(=O)O)C1CC1)c1c(F)cccc1F. The Balaban J connectivity index is 2.22. The van der Waals surface area contributed by atoms with Gasteiger partial charge in [0.05, 0.1) is 18.4 Å². The Morgan fingerprint density at radius 1 is 1.27 bits per heavy atom. The van der Waals surface area contributed by atoms with Gasteiger partial charge in [0.2, 0.25) is 11.8 Å². The lowest BCUT2D eigenvalue weighted by atomic mass is 10.0. The van der Waals surface area contributed by atoms with Crippen LogP contribution in [0.5, 0.6) is 0 Å². The second kappa shape index (κ2) is 8.25. The third kappa shape index (κ3) is 5.00. The fraction of sp³-hybridized carbons (Fsp3) is 0.500. The number of carboxylic acid groups (broad SMARTS) is 1. The lowest BCUT2D eigenvalue weighted by molar-refractivity contribution is -0.143. The van der Waals surface area contributed by atoms with Gasteiger partial charge in [-0.2, -0.15) is 0 Å². The molecule has 0 aromatic heterocycles. The second-order valence-corrected chi connectivity index (χ2v) is 6.61. The summed E-state index contributed by atoms with van der Waals surface area (Å²) in [5, 5.41) is 11.5. The molecule has 2 N–H and O–H groups in total. The lowest BCUT2D eigenvalue weighted by Gasteiger charge is -2.27. The molecule has 0 unspecified atom stereocenters. The van der Waals surface area contributed by atoms with Gasteiger partial charge in [-0.05, 0) is 25.0 Å². The van der Waals surface area contributed by atoms with Gasteiger partial charge in [0.25, 0.3) is 0 Å². The van der Waals surface area contributed by atoms with Crippen LogP contribution >= 0.6 is 0 Å². The van der Waals surface area contributed by atoms with E-state index >= 15 is 0 Å². The minimum absolute atomic E-state index is 0.0192. The number of hydrogen-bond acceptors (Lipinski definition) is 3. The smallest absolute Gasteiger partial charge is 0.308 e. The van der Waals surface area contributed by atoms with Gasteiger partial charge < -0.3 is 15.3 Å². The molecule has 2 amide bonds. The molecule has 2 rings (SSSR count). The maximum absolute atomic E-state index is 14.1. The maximum atomic E-state index is 14.1. The van der Waals surface area contributed by atoms with Crippen LogP contribution < -0.4 is 5.32 Å². The van der Waals surface area contributed by atoms with Crippen molar-refractivity contribution in [3.8, 4) is 0 Å². The summed E-state index contributed by atoms with van der Waals surface area (Å²) in [4.78, 5) is 36.7. The number of carbonyl (C=O) groups excluding carboxylic acids is 2. The standard InChI is InChI=1S/C18H22F2N2O4/c1-10(18(25)26)9-22(12-6-7-12)16(24)8-15(21-11(2)23)17-13(19)4-3-5-14(17)20/h3-5,10,12,15H,6-9H2,1-2H3,(H,21,23)(H,25,26)/t10-,15+/m0/s1. The van der Waals surface area contributed by atoms with Crippen molar-refractivity contribution < 1.29 is 28.3 Å². The molecule has 1 aliphatic rings. The Labute approximate surface area is 150 Å². The van der Waals surface area contributed by atoms with E-state index in [1.807, 2.05) is 0 Å². The van der Waals surface area contributed by atoms with Gasteiger partial charge in [-0.1, -0.05) is 13.0 Å². The van der Waals surface area contributed by atoms with Gasteiger partial charge in [-0.25, -0.2) is 8.78 Å². The molecule has 1 fully saturated rings. The first-order valence-corrected chi connectivity index (χ1v) is 8.44. The minimum Gasteiger partial charge on any atom is -0.481 e. The lowest BCUT2D eigenvalue weighted by Crippen LogP contribution is -2.41. The molecule has 0 radical (unpaired) electrons. The van der Waals surface area contributed by atoms with Crippen LogP contribution in [-0.4, -0.2) is 40.4 Å². The van der Waals surface area contributed by atoms with E-state index in [9.17, 15) is 23.2 Å². The Kier molecular flexibility index (Phi) is 6.28. The summed E-state index contributed by atoms with van der Waals surface area (Å²) >= 11 is 0. The minimum atomic E-state index is -1.16. The van der Waals surface area contributed by atoms with Crippen LogP contribution in [0.1, 0.15) is 44.7 Å². The van der Waals surface area contributed by atoms with Crippen molar-refractivity contribution >= 4 is 17.8 Å². The first kappa shape index (κ1) is 19.8. The molecule has 1 aromatic carbocycles. The average molecular weight is 368 g/mol. The van der Waals surface area contributed by atoms with Gasteiger partial charge in [-0.15, -0.1) is 0 Å². The highest BCUT2D eigenvalue weighted by molar-refractivity contribution is 5.80. The molecule has 1 aliphatic carbocycles. The number of hydrogen-bond donors (Lipinski definition) is 2. The Morgan fingerprint density at radius 2 is 1.85 bits per heavy atom. The van der Waals surface area contributed by atoms with Crippen LogP contribution in [-0.2, 0) is 14.4 Å². The third-order valence-corrected chi connectivity index (χ3v) is 4.30. The highest BCUT2D eigenvalue weighted by Crippen LogP contribution is 2.31. The molecule has 1 aromatic rings. The number of carboxylic acids is 1. The van der Waals surface area contributed by atoms with E-state index in [-0.39, 0.29) is 24.6 Å². The van der Waals surface area contributed by atoms with E-state index in [0.717, 1.165) is 25.0 Å². The number of amides is 2. The zero-order chi connectivity index (χ0) is 19.4. The molecule has 0 spiro atoms. The van der Waals surface area contributed by atoms with Gasteiger partial charge in [0, 0.05) is 25.1 Å². The molecule has 6 nitrogen and oxygen atoms in total. The summed E-state index contributed by atoms with van der Waals surface area (Å²) in [6.07, 6.45) is 1.17. The zero-order valence-corrected chi connectivity index (χ0v) is 14.7. The van der Waals surface area contributed by atoms with Crippen molar-refractivity contribution in [3.63, 3.8) is 0 Å². The summed E-state index contributed by atoms with van der Waals surface area (Å²) in [6.45, 7) is 2.71. The predicted molar refractivity (Wildman–Crippen MR) is 89.1 cm³/mol.